The lowest BCUT2D eigenvalue weighted by Crippen LogP contribution is -2.37. The van der Waals surface area contributed by atoms with E-state index in [0.29, 0.717) is 12.2 Å². The molecule has 0 spiro atoms. The molecule has 1 amide bonds. The van der Waals surface area contributed by atoms with E-state index >= 15 is 0 Å². The number of rotatable bonds is 8. The summed E-state index contributed by atoms with van der Waals surface area (Å²) in [6.07, 6.45) is 0. The number of anilines is 1. The van der Waals surface area contributed by atoms with Gasteiger partial charge in [-0.1, -0.05) is 6.07 Å². The Labute approximate surface area is 161 Å². The molecule has 2 rings (SSSR count). The smallest absolute Gasteiger partial charge is 0.242 e. The van der Waals surface area contributed by atoms with Gasteiger partial charge in [-0.2, -0.15) is 0 Å². The van der Waals surface area contributed by atoms with Gasteiger partial charge in [-0.05, 0) is 51.1 Å². The van der Waals surface area contributed by atoms with Crippen LogP contribution in [0.1, 0.15) is 25.4 Å². The summed E-state index contributed by atoms with van der Waals surface area (Å²) in [6, 6.07) is 10.2. The van der Waals surface area contributed by atoms with Gasteiger partial charge in [-0.25, -0.2) is 12.7 Å². The molecular formula is C19H27N3O4S. The molecule has 0 aliphatic rings. The highest BCUT2D eigenvalue weighted by atomic mass is 32.2. The lowest BCUT2D eigenvalue weighted by molar-refractivity contribution is -0.117. The fraction of sp³-hybridized carbons (Fsp3) is 0.421. The fourth-order valence-corrected chi connectivity index (χ4v) is 3.47. The number of nitrogens with one attached hydrogen (secondary N) is 1. The summed E-state index contributed by atoms with van der Waals surface area (Å²) in [5.41, 5.74) is 0.445. The summed E-state index contributed by atoms with van der Waals surface area (Å²) < 4.78 is 31.2. The van der Waals surface area contributed by atoms with Crippen molar-refractivity contribution in [3.05, 3.63) is 47.9 Å². The lowest BCUT2D eigenvalue weighted by Gasteiger charge is -2.24. The summed E-state index contributed by atoms with van der Waals surface area (Å²) in [4.78, 5) is 14.6. The molecule has 7 nitrogen and oxygen atoms in total. The van der Waals surface area contributed by atoms with Gasteiger partial charge < -0.3 is 9.73 Å². The van der Waals surface area contributed by atoms with Crippen LogP contribution in [0.15, 0.2) is 45.7 Å². The minimum atomic E-state index is -3.55. The van der Waals surface area contributed by atoms with Crippen molar-refractivity contribution in [2.24, 2.45) is 0 Å². The van der Waals surface area contributed by atoms with E-state index in [1.807, 2.05) is 37.8 Å². The monoisotopic (exact) mass is 393 g/mol. The Morgan fingerprint density at radius 1 is 1.19 bits per heavy atom. The second kappa shape index (κ2) is 8.69. The van der Waals surface area contributed by atoms with Crippen LogP contribution >= 0.6 is 0 Å². The van der Waals surface area contributed by atoms with Gasteiger partial charge in [0, 0.05) is 25.8 Å². The normalized spacial score (nSPS) is 12.1. The first kappa shape index (κ1) is 21.1. The van der Waals surface area contributed by atoms with Crippen molar-refractivity contribution in [2.45, 2.75) is 38.3 Å². The van der Waals surface area contributed by atoms with Crippen LogP contribution in [0.25, 0.3) is 0 Å². The van der Waals surface area contributed by atoms with Crippen molar-refractivity contribution < 1.29 is 17.6 Å². The standard InChI is InChI=1S/C19H27N3O4S/c1-14(2)22(12-17-10-9-15(3)26-17)13-19(23)20-16-7-6-8-18(11-16)27(24,25)21(4)5/h6-11,14H,12-13H2,1-5H3,(H,20,23). The molecule has 1 heterocycles. The van der Waals surface area contributed by atoms with Crippen molar-refractivity contribution in [3.63, 3.8) is 0 Å². The molecular weight excluding hydrogens is 366 g/mol. The van der Waals surface area contributed by atoms with Crippen molar-refractivity contribution in [1.82, 2.24) is 9.21 Å². The summed E-state index contributed by atoms with van der Waals surface area (Å²) in [5, 5.41) is 2.78. The van der Waals surface area contributed by atoms with Crippen LogP contribution in [-0.2, 0) is 21.4 Å². The van der Waals surface area contributed by atoms with Crippen LogP contribution in [0.5, 0.6) is 0 Å². The first-order chi connectivity index (χ1) is 12.6. The number of aryl methyl sites for hydroxylation is 1. The zero-order valence-corrected chi connectivity index (χ0v) is 17.2. The molecule has 2 aromatic rings. The fourth-order valence-electron chi connectivity index (χ4n) is 2.52. The van der Waals surface area contributed by atoms with Crippen LogP contribution in [0.2, 0.25) is 0 Å². The number of hydrogen-bond acceptors (Lipinski definition) is 5. The summed E-state index contributed by atoms with van der Waals surface area (Å²) in [5.74, 6) is 1.41. The molecule has 0 unspecified atom stereocenters. The Balaban J connectivity index is 2.07. The van der Waals surface area contributed by atoms with Crippen LogP contribution < -0.4 is 5.32 Å². The predicted molar refractivity (Wildman–Crippen MR) is 105 cm³/mol. The molecule has 0 bridgehead atoms. The minimum Gasteiger partial charge on any atom is -0.465 e. The van der Waals surface area contributed by atoms with Gasteiger partial charge in [-0.15, -0.1) is 0 Å². The molecule has 27 heavy (non-hydrogen) atoms. The average molecular weight is 394 g/mol. The SMILES string of the molecule is Cc1ccc(CN(CC(=O)Nc2cccc(S(=O)(=O)N(C)C)c2)C(C)C)o1. The molecule has 0 atom stereocenters. The Hall–Kier alpha value is -2.16. The minimum absolute atomic E-state index is 0.136. The van der Waals surface area contributed by atoms with Crippen molar-refractivity contribution in [3.8, 4) is 0 Å². The second-order valence-electron chi connectivity index (χ2n) is 6.87. The highest BCUT2D eigenvalue weighted by Crippen LogP contribution is 2.18. The molecule has 8 heteroatoms. The van der Waals surface area contributed by atoms with E-state index in [9.17, 15) is 13.2 Å². The second-order valence-corrected chi connectivity index (χ2v) is 9.03. The molecule has 0 saturated carbocycles. The van der Waals surface area contributed by atoms with Crippen LogP contribution in [0, 0.1) is 6.92 Å². The first-order valence-electron chi connectivity index (χ1n) is 8.71. The molecule has 0 radical (unpaired) electrons. The molecule has 0 aliphatic carbocycles. The number of furan rings is 1. The Kier molecular flexibility index (Phi) is 6.80. The summed E-state index contributed by atoms with van der Waals surface area (Å²) in [6.45, 7) is 6.58. The largest absolute Gasteiger partial charge is 0.465 e. The number of carbonyl (C=O) groups excluding carboxylic acids is 1. The number of hydrogen-bond donors (Lipinski definition) is 1. The van der Waals surface area contributed by atoms with Gasteiger partial charge in [0.1, 0.15) is 11.5 Å². The number of sulfonamides is 1. The maximum atomic E-state index is 12.5. The Morgan fingerprint density at radius 3 is 2.44 bits per heavy atom. The van der Waals surface area contributed by atoms with Gasteiger partial charge in [0.2, 0.25) is 15.9 Å². The van der Waals surface area contributed by atoms with E-state index < -0.39 is 10.0 Å². The summed E-state index contributed by atoms with van der Waals surface area (Å²) >= 11 is 0. The van der Waals surface area contributed by atoms with E-state index in [0.717, 1.165) is 15.8 Å². The van der Waals surface area contributed by atoms with Crippen LogP contribution in [0.4, 0.5) is 5.69 Å². The van der Waals surface area contributed by atoms with Crippen molar-refractivity contribution >= 4 is 21.6 Å². The molecule has 1 aromatic carbocycles. The Morgan fingerprint density at radius 2 is 1.89 bits per heavy atom. The third kappa shape index (κ3) is 5.66. The molecule has 1 aromatic heterocycles. The van der Waals surface area contributed by atoms with E-state index in [1.54, 1.807) is 12.1 Å². The van der Waals surface area contributed by atoms with Gasteiger partial charge in [-0.3, -0.25) is 9.69 Å². The number of amides is 1. The third-order valence-corrected chi connectivity index (χ3v) is 5.94. The lowest BCUT2D eigenvalue weighted by atomic mass is 10.2. The van der Waals surface area contributed by atoms with Gasteiger partial charge in [0.15, 0.2) is 0 Å². The maximum absolute atomic E-state index is 12.5. The number of nitrogens with zero attached hydrogens (tertiary/aromatic N) is 2. The molecule has 1 N–H and O–H groups in total. The van der Waals surface area contributed by atoms with Gasteiger partial charge in [0.25, 0.3) is 0 Å². The third-order valence-electron chi connectivity index (χ3n) is 4.13. The van der Waals surface area contributed by atoms with E-state index in [-0.39, 0.29) is 23.4 Å². The topological polar surface area (TPSA) is 82.9 Å². The Bertz CT molecular complexity index is 888. The zero-order chi connectivity index (χ0) is 20.2. The highest BCUT2D eigenvalue weighted by Gasteiger charge is 2.19. The molecule has 0 saturated heterocycles. The summed E-state index contributed by atoms with van der Waals surface area (Å²) in [7, 11) is -0.611. The van der Waals surface area contributed by atoms with Gasteiger partial charge >= 0.3 is 0 Å². The predicted octanol–water partition coefficient (Wildman–Crippen LogP) is 2.69. The molecule has 0 fully saturated rings. The quantitative estimate of drug-likeness (QED) is 0.746. The zero-order valence-electron chi connectivity index (χ0n) is 16.4. The number of carbonyl (C=O) groups is 1. The molecule has 0 aliphatic heterocycles. The van der Waals surface area contributed by atoms with E-state index in [1.165, 1.54) is 26.2 Å². The van der Waals surface area contributed by atoms with Crippen molar-refractivity contribution in [1.29, 1.82) is 0 Å². The maximum Gasteiger partial charge on any atom is 0.242 e. The number of benzene rings is 1. The van der Waals surface area contributed by atoms with E-state index in [2.05, 4.69) is 5.32 Å². The van der Waals surface area contributed by atoms with Crippen LogP contribution in [0.3, 0.4) is 0 Å². The molecule has 148 valence electrons. The van der Waals surface area contributed by atoms with Gasteiger partial charge in [0.05, 0.1) is 18.0 Å². The first-order valence-corrected chi connectivity index (χ1v) is 10.2. The van der Waals surface area contributed by atoms with Crippen LogP contribution in [-0.4, -0.2) is 50.2 Å². The highest BCUT2D eigenvalue weighted by molar-refractivity contribution is 7.89. The average Bonchev–Trinajstić information content (AvgIpc) is 2.99. The van der Waals surface area contributed by atoms with E-state index in [4.69, 9.17) is 4.42 Å². The van der Waals surface area contributed by atoms with Crippen molar-refractivity contribution in [2.75, 3.05) is 26.0 Å².